The molecule has 130 valence electrons. The van der Waals surface area contributed by atoms with Gasteiger partial charge in [-0.05, 0) is 42.1 Å². The molecule has 0 saturated carbocycles. The molecule has 5 nitrogen and oxygen atoms in total. The van der Waals surface area contributed by atoms with Crippen LogP contribution in [-0.2, 0) is 6.54 Å². The summed E-state index contributed by atoms with van der Waals surface area (Å²) in [6, 6.07) is 15.3. The molecule has 0 aliphatic rings. The molecule has 0 fully saturated rings. The number of aryl methyl sites for hydroxylation is 1. The van der Waals surface area contributed by atoms with Gasteiger partial charge in [0.1, 0.15) is 0 Å². The first-order chi connectivity index (χ1) is 12.1. The summed E-state index contributed by atoms with van der Waals surface area (Å²) in [4.78, 5) is 23.6. The molecule has 0 unspecified atom stereocenters. The SMILES string of the molecule is CNO.Cc1ccc(C(=O)NCc2ccc3cc(C=O)sc3c2)cc1. The largest absolute Gasteiger partial charge is 0.348 e. The number of hydrogen-bond acceptors (Lipinski definition) is 5. The fraction of sp³-hybridized carbons (Fsp3) is 0.158. The maximum atomic E-state index is 12.1. The summed E-state index contributed by atoms with van der Waals surface area (Å²) < 4.78 is 1.06. The third-order valence-electron chi connectivity index (χ3n) is 3.49. The maximum Gasteiger partial charge on any atom is 0.251 e. The summed E-state index contributed by atoms with van der Waals surface area (Å²) in [5.74, 6) is -0.0835. The van der Waals surface area contributed by atoms with Crippen LogP contribution in [0.1, 0.15) is 31.2 Å². The molecule has 0 aliphatic carbocycles. The third kappa shape index (κ3) is 5.22. The lowest BCUT2D eigenvalue weighted by molar-refractivity contribution is 0.0950. The molecule has 2 aromatic carbocycles. The van der Waals surface area contributed by atoms with Gasteiger partial charge in [-0.2, -0.15) is 0 Å². The van der Waals surface area contributed by atoms with Crippen LogP contribution in [-0.4, -0.2) is 24.4 Å². The van der Waals surface area contributed by atoms with Crippen LogP contribution >= 0.6 is 11.3 Å². The number of thiophene rings is 1. The van der Waals surface area contributed by atoms with Crippen molar-refractivity contribution in [2.45, 2.75) is 13.5 Å². The maximum absolute atomic E-state index is 12.1. The highest BCUT2D eigenvalue weighted by atomic mass is 32.1. The predicted octanol–water partition coefficient (Wildman–Crippen LogP) is 3.55. The molecule has 1 aromatic heterocycles. The van der Waals surface area contributed by atoms with Crippen molar-refractivity contribution < 1.29 is 14.8 Å². The highest BCUT2D eigenvalue weighted by Gasteiger charge is 2.06. The Labute approximate surface area is 150 Å². The van der Waals surface area contributed by atoms with E-state index in [0.29, 0.717) is 12.1 Å². The number of benzene rings is 2. The number of hydroxylamine groups is 1. The van der Waals surface area contributed by atoms with Crippen molar-refractivity contribution in [1.82, 2.24) is 10.8 Å². The van der Waals surface area contributed by atoms with Crippen molar-refractivity contribution in [3.63, 3.8) is 0 Å². The van der Waals surface area contributed by atoms with E-state index >= 15 is 0 Å². The van der Waals surface area contributed by atoms with Gasteiger partial charge in [-0.15, -0.1) is 11.3 Å². The molecular weight excluding hydrogens is 336 g/mol. The Kier molecular flexibility index (Phi) is 6.82. The monoisotopic (exact) mass is 356 g/mol. The van der Waals surface area contributed by atoms with E-state index in [1.54, 1.807) is 5.48 Å². The van der Waals surface area contributed by atoms with Crippen molar-refractivity contribution in [3.05, 3.63) is 70.1 Å². The van der Waals surface area contributed by atoms with Gasteiger partial charge in [0.2, 0.25) is 0 Å². The van der Waals surface area contributed by atoms with Crippen LogP contribution in [0.3, 0.4) is 0 Å². The van der Waals surface area contributed by atoms with Gasteiger partial charge >= 0.3 is 0 Å². The molecule has 1 heterocycles. The zero-order valence-corrected chi connectivity index (χ0v) is 14.9. The van der Waals surface area contributed by atoms with Crippen LogP contribution in [0, 0.1) is 6.92 Å². The molecule has 0 bridgehead atoms. The fourth-order valence-corrected chi connectivity index (χ4v) is 3.20. The van der Waals surface area contributed by atoms with E-state index in [1.807, 2.05) is 55.5 Å². The molecular formula is C19H20N2O3S. The van der Waals surface area contributed by atoms with Gasteiger partial charge < -0.3 is 10.5 Å². The van der Waals surface area contributed by atoms with E-state index < -0.39 is 0 Å². The minimum Gasteiger partial charge on any atom is -0.348 e. The lowest BCUT2D eigenvalue weighted by Crippen LogP contribution is -2.22. The first-order valence-corrected chi connectivity index (χ1v) is 8.52. The van der Waals surface area contributed by atoms with E-state index in [2.05, 4.69) is 5.32 Å². The van der Waals surface area contributed by atoms with E-state index in [1.165, 1.54) is 18.4 Å². The van der Waals surface area contributed by atoms with E-state index in [-0.39, 0.29) is 5.91 Å². The van der Waals surface area contributed by atoms with Gasteiger partial charge in [0.25, 0.3) is 5.91 Å². The van der Waals surface area contributed by atoms with Crippen LogP contribution in [0.2, 0.25) is 0 Å². The molecule has 3 N–H and O–H groups in total. The Morgan fingerprint density at radius 1 is 1.16 bits per heavy atom. The number of nitrogens with one attached hydrogen (secondary N) is 2. The van der Waals surface area contributed by atoms with Crippen molar-refractivity contribution >= 4 is 33.6 Å². The number of carbonyl (C=O) groups is 2. The fourth-order valence-electron chi connectivity index (χ4n) is 2.25. The number of carbonyl (C=O) groups excluding carboxylic acids is 2. The van der Waals surface area contributed by atoms with Crippen molar-refractivity contribution in [1.29, 1.82) is 0 Å². The molecule has 0 radical (unpaired) electrons. The highest BCUT2D eigenvalue weighted by Crippen LogP contribution is 2.25. The lowest BCUT2D eigenvalue weighted by Gasteiger charge is -2.06. The van der Waals surface area contributed by atoms with Gasteiger partial charge in [-0.25, -0.2) is 5.48 Å². The smallest absolute Gasteiger partial charge is 0.251 e. The number of amides is 1. The van der Waals surface area contributed by atoms with Crippen molar-refractivity contribution in [3.8, 4) is 0 Å². The standard InChI is InChI=1S/C18H15NO2S.CH5NO/c1-12-2-5-14(6-3-12)18(21)19-10-13-4-7-15-9-16(11-20)22-17(15)8-13;1-2-3/h2-9,11H,10H2,1H3,(H,19,21);2-3H,1H3. The molecule has 0 atom stereocenters. The molecule has 6 heteroatoms. The zero-order valence-electron chi connectivity index (χ0n) is 14.1. The van der Waals surface area contributed by atoms with E-state index in [0.717, 1.165) is 32.4 Å². The Balaban J connectivity index is 0.000000701. The first-order valence-electron chi connectivity index (χ1n) is 7.70. The van der Waals surface area contributed by atoms with Crippen LogP contribution in [0.5, 0.6) is 0 Å². The molecule has 0 saturated heterocycles. The quantitative estimate of drug-likeness (QED) is 0.493. The minimum atomic E-state index is -0.0835. The van der Waals surface area contributed by atoms with Gasteiger partial charge in [0.05, 0.1) is 4.88 Å². The molecule has 0 spiro atoms. The van der Waals surface area contributed by atoms with Crippen LogP contribution in [0.4, 0.5) is 0 Å². The summed E-state index contributed by atoms with van der Waals surface area (Å²) >= 11 is 1.46. The van der Waals surface area contributed by atoms with Crippen LogP contribution in [0.15, 0.2) is 48.5 Å². The van der Waals surface area contributed by atoms with Gasteiger partial charge in [0.15, 0.2) is 6.29 Å². The normalized spacial score (nSPS) is 10.0. The second-order valence-corrected chi connectivity index (χ2v) is 6.53. The second-order valence-electron chi connectivity index (χ2n) is 5.41. The van der Waals surface area contributed by atoms with E-state index in [4.69, 9.17) is 5.21 Å². The Morgan fingerprint density at radius 2 is 1.84 bits per heavy atom. The Morgan fingerprint density at radius 3 is 2.48 bits per heavy atom. The van der Waals surface area contributed by atoms with Crippen LogP contribution in [0.25, 0.3) is 10.1 Å². The summed E-state index contributed by atoms with van der Waals surface area (Å²) in [5, 5.41) is 11.3. The highest BCUT2D eigenvalue weighted by molar-refractivity contribution is 7.20. The first kappa shape index (κ1) is 18.8. The molecule has 0 aliphatic heterocycles. The molecule has 3 rings (SSSR count). The topological polar surface area (TPSA) is 78.4 Å². The average Bonchev–Trinajstić information content (AvgIpc) is 3.03. The second kappa shape index (κ2) is 9.08. The van der Waals surface area contributed by atoms with E-state index in [9.17, 15) is 9.59 Å². The van der Waals surface area contributed by atoms with Crippen molar-refractivity contribution in [2.24, 2.45) is 0 Å². The van der Waals surface area contributed by atoms with Crippen molar-refractivity contribution in [2.75, 3.05) is 7.05 Å². The number of fused-ring (bicyclic) bond motifs is 1. The number of rotatable bonds is 4. The molecule has 25 heavy (non-hydrogen) atoms. The summed E-state index contributed by atoms with van der Waals surface area (Å²) in [6.07, 6.45) is 0.865. The minimum absolute atomic E-state index is 0.0835. The van der Waals surface area contributed by atoms with Crippen LogP contribution < -0.4 is 10.8 Å². The van der Waals surface area contributed by atoms with Gasteiger partial charge in [-0.3, -0.25) is 9.59 Å². The van der Waals surface area contributed by atoms with Gasteiger partial charge in [-0.1, -0.05) is 29.8 Å². The van der Waals surface area contributed by atoms with Gasteiger partial charge in [0, 0.05) is 23.9 Å². The summed E-state index contributed by atoms with van der Waals surface area (Å²) in [7, 11) is 1.43. The average molecular weight is 356 g/mol. The third-order valence-corrected chi connectivity index (χ3v) is 4.51. The summed E-state index contributed by atoms with van der Waals surface area (Å²) in [6.45, 7) is 2.46. The molecule has 1 amide bonds. The number of aldehydes is 1. The molecule has 3 aromatic rings. The zero-order chi connectivity index (χ0) is 18.2. The lowest BCUT2D eigenvalue weighted by atomic mass is 10.1. The Hall–Kier alpha value is -2.54. The Bertz CT molecular complexity index is 857. The summed E-state index contributed by atoms with van der Waals surface area (Å²) in [5.41, 5.74) is 4.56. The predicted molar refractivity (Wildman–Crippen MR) is 100 cm³/mol. The number of hydrogen-bond donors (Lipinski definition) is 3.